The van der Waals surface area contributed by atoms with E-state index < -0.39 is 30.6 Å². The van der Waals surface area contributed by atoms with Crippen LogP contribution in [0.15, 0.2) is 11.1 Å². The third-order valence-corrected chi connectivity index (χ3v) is 3.81. The molecule has 0 aliphatic carbocycles. The minimum absolute atomic E-state index is 0.328. The van der Waals surface area contributed by atoms with Gasteiger partial charge in [-0.3, -0.25) is 4.79 Å². The number of hydrogen-bond donors (Lipinski definition) is 1. The van der Waals surface area contributed by atoms with Crippen LogP contribution in [0.2, 0.25) is 0 Å². The molecule has 0 radical (unpaired) electrons. The molecular weight excluding hydrogens is 324 g/mol. The lowest BCUT2D eigenvalue weighted by atomic mass is 10.1. The smallest absolute Gasteiger partial charge is 0.358 e. The Morgan fingerprint density at radius 3 is 2.62 bits per heavy atom. The molecule has 1 rings (SSSR count). The van der Waals surface area contributed by atoms with E-state index in [1.54, 1.807) is 0 Å². The monoisotopic (exact) mass is 338 g/mol. The number of carbonyl (C=O) groups is 1. The number of nitrogens with one attached hydrogen (secondary N) is 1. The van der Waals surface area contributed by atoms with Gasteiger partial charge in [0.25, 0.3) is 9.05 Å². The van der Waals surface area contributed by atoms with Gasteiger partial charge in [-0.25, -0.2) is 8.42 Å². The van der Waals surface area contributed by atoms with E-state index in [-0.39, 0.29) is 6.54 Å². The summed E-state index contributed by atoms with van der Waals surface area (Å²) < 4.78 is 23.3. The molecule has 0 aromatic carbocycles. The lowest BCUT2D eigenvalue weighted by molar-refractivity contribution is -0.392. The summed E-state index contributed by atoms with van der Waals surface area (Å²) in [7, 11) is 0.784. The van der Waals surface area contributed by atoms with Crippen molar-refractivity contribution in [1.82, 2.24) is 15.1 Å². The molecule has 0 saturated heterocycles. The minimum Gasteiger partial charge on any atom is -0.358 e. The van der Waals surface area contributed by atoms with Gasteiger partial charge in [0.2, 0.25) is 10.8 Å². The van der Waals surface area contributed by atoms with Gasteiger partial charge in [-0.05, 0) is 17.3 Å². The van der Waals surface area contributed by atoms with Crippen LogP contribution in [0.1, 0.15) is 20.3 Å². The average molecular weight is 339 g/mol. The van der Waals surface area contributed by atoms with Crippen LogP contribution in [-0.4, -0.2) is 35.6 Å². The summed E-state index contributed by atoms with van der Waals surface area (Å²) in [5.74, 6) is -0.907. The van der Waals surface area contributed by atoms with Gasteiger partial charge in [0.15, 0.2) is 0 Å². The molecule has 1 aromatic rings. The molecular formula is C10H15ClN4O5S. The summed E-state index contributed by atoms with van der Waals surface area (Å²) in [5.41, 5.74) is 0. The summed E-state index contributed by atoms with van der Waals surface area (Å²) in [6, 6.07) is 0. The van der Waals surface area contributed by atoms with Crippen molar-refractivity contribution in [3.63, 3.8) is 0 Å². The maximum absolute atomic E-state index is 11.6. The zero-order valence-corrected chi connectivity index (χ0v) is 13.0. The number of aromatic nitrogens is 2. The Bertz CT molecular complexity index is 640. The van der Waals surface area contributed by atoms with Crippen LogP contribution in [-0.2, 0) is 20.4 Å². The molecule has 0 aliphatic heterocycles. The maximum atomic E-state index is 11.6. The van der Waals surface area contributed by atoms with Crippen LogP contribution in [0.5, 0.6) is 0 Å². The van der Waals surface area contributed by atoms with Crippen molar-refractivity contribution >= 4 is 31.5 Å². The van der Waals surface area contributed by atoms with Crippen molar-refractivity contribution in [2.75, 3.05) is 6.54 Å². The van der Waals surface area contributed by atoms with Gasteiger partial charge in [0, 0.05) is 17.2 Å². The van der Waals surface area contributed by atoms with Crippen LogP contribution in [0.4, 0.5) is 5.82 Å². The predicted octanol–water partition coefficient (Wildman–Crippen LogP) is 0.881. The Morgan fingerprint density at radius 2 is 2.19 bits per heavy atom. The fourth-order valence-electron chi connectivity index (χ4n) is 1.48. The third kappa shape index (κ3) is 5.31. The molecule has 1 aromatic heterocycles. The van der Waals surface area contributed by atoms with E-state index >= 15 is 0 Å². The number of nitro groups is 1. The molecule has 0 fully saturated rings. The van der Waals surface area contributed by atoms with E-state index in [4.69, 9.17) is 10.7 Å². The third-order valence-electron chi connectivity index (χ3n) is 2.49. The number of rotatable bonds is 7. The first-order chi connectivity index (χ1) is 9.61. The Labute approximate surface area is 125 Å². The zero-order chi connectivity index (χ0) is 16.2. The first-order valence-electron chi connectivity index (χ1n) is 6.04. The molecule has 0 unspecified atom stereocenters. The lowest BCUT2D eigenvalue weighted by Gasteiger charge is -2.05. The first kappa shape index (κ1) is 17.4. The lowest BCUT2D eigenvalue weighted by Crippen LogP contribution is -2.29. The fraction of sp³-hybridized carbons (Fsp3) is 0.600. The quantitative estimate of drug-likeness (QED) is 0.447. The van der Waals surface area contributed by atoms with E-state index in [2.05, 4.69) is 10.4 Å². The number of amides is 1. The van der Waals surface area contributed by atoms with Gasteiger partial charge in [0.1, 0.15) is 6.54 Å². The van der Waals surface area contributed by atoms with Crippen molar-refractivity contribution in [3.05, 3.63) is 16.3 Å². The fourth-order valence-corrected chi connectivity index (χ4v) is 2.38. The van der Waals surface area contributed by atoms with Crippen molar-refractivity contribution in [2.24, 2.45) is 5.92 Å². The minimum atomic E-state index is -4.31. The van der Waals surface area contributed by atoms with Crippen LogP contribution in [0.3, 0.4) is 0 Å². The van der Waals surface area contributed by atoms with Crippen molar-refractivity contribution in [2.45, 2.75) is 31.7 Å². The number of halogens is 1. The van der Waals surface area contributed by atoms with Crippen molar-refractivity contribution in [3.8, 4) is 0 Å². The number of nitrogens with zero attached hydrogens (tertiary/aromatic N) is 3. The SMILES string of the molecule is CC(C)CCNC(=O)Cn1cc(S(=O)(=O)Cl)c([N+](=O)[O-])n1. The molecule has 0 saturated carbocycles. The summed E-state index contributed by atoms with van der Waals surface area (Å²) in [6.07, 6.45) is 1.65. The van der Waals surface area contributed by atoms with E-state index in [0.717, 1.165) is 17.3 Å². The van der Waals surface area contributed by atoms with Crippen LogP contribution in [0, 0.1) is 16.0 Å². The van der Waals surface area contributed by atoms with Gasteiger partial charge < -0.3 is 15.4 Å². The van der Waals surface area contributed by atoms with Crippen molar-refractivity contribution < 1.29 is 18.1 Å². The molecule has 0 atom stereocenters. The summed E-state index contributed by atoms with van der Waals surface area (Å²) in [5, 5.41) is 16.8. The second-order valence-corrected chi connectivity index (χ2v) is 7.28. The molecule has 1 heterocycles. The Hall–Kier alpha value is -1.68. The molecule has 0 aliphatic rings. The van der Waals surface area contributed by atoms with E-state index in [1.807, 2.05) is 13.8 Å². The number of carbonyl (C=O) groups excluding carboxylic acids is 1. The molecule has 0 spiro atoms. The Morgan fingerprint density at radius 1 is 1.57 bits per heavy atom. The first-order valence-corrected chi connectivity index (χ1v) is 8.35. The topological polar surface area (TPSA) is 124 Å². The summed E-state index contributed by atoms with van der Waals surface area (Å²) in [4.78, 5) is 20.6. The van der Waals surface area contributed by atoms with Gasteiger partial charge in [0.05, 0.1) is 11.3 Å². The van der Waals surface area contributed by atoms with E-state index in [1.165, 1.54) is 0 Å². The van der Waals surface area contributed by atoms with E-state index in [9.17, 15) is 23.3 Å². The Balaban J connectivity index is 2.81. The highest BCUT2D eigenvalue weighted by molar-refractivity contribution is 8.13. The second kappa shape index (κ2) is 6.85. The zero-order valence-electron chi connectivity index (χ0n) is 11.4. The molecule has 9 nitrogen and oxygen atoms in total. The highest BCUT2D eigenvalue weighted by atomic mass is 35.7. The Kier molecular flexibility index (Phi) is 5.67. The highest BCUT2D eigenvalue weighted by Crippen LogP contribution is 2.24. The maximum Gasteiger partial charge on any atom is 0.410 e. The molecule has 21 heavy (non-hydrogen) atoms. The summed E-state index contributed by atoms with van der Waals surface area (Å²) >= 11 is 0. The molecule has 1 N–H and O–H groups in total. The molecule has 11 heteroatoms. The average Bonchev–Trinajstić information content (AvgIpc) is 2.72. The van der Waals surface area contributed by atoms with Gasteiger partial charge in [-0.2, -0.15) is 4.68 Å². The standard InChI is InChI=1S/C10H15ClN4O5S/c1-7(2)3-4-12-9(16)6-14-5-8(21(11,19)20)10(13-14)15(17)18/h5,7H,3-4,6H2,1-2H3,(H,12,16). The predicted molar refractivity (Wildman–Crippen MR) is 74.4 cm³/mol. The van der Waals surface area contributed by atoms with Gasteiger partial charge in [-0.1, -0.05) is 13.8 Å². The van der Waals surface area contributed by atoms with Gasteiger partial charge >= 0.3 is 5.82 Å². The number of hydrogen-bond acceptors (Lipinski definition) is 6. The van der Waals surface area contributed by atoms with Gasteiger partial charge in [-0.15, -0.1) is 0 Å². The van der Waals surface area contributed by atoms with Crippen LogP contribution >= 0.6 is 10.7 Å². The normalized spacial score (nSPS) is 11.6. The largest absolute Gasteiger partial charge is 0.410 e. The summed E-state index contributed by atoms with van der Waals surface area (Å²) in [6.45, 7) is 4.13. The van der Waals surface area contributed by atoms with Crippen molar-refractivity contribution in [1.29, 1.82) is 0 Å². The van der Waals surface area contributed by atoms with Crippen LogP contribution in [0.25, 0.3) is 0 Å². The second-order valence-electron chi connectivity index (χ2n) is 4.74. The highest BCUT2D eigenvalue weighted by Gasteiger charge is 2.30. The molecule has 1 amide bonds. The van der Waals surface area contributed by atoms with E-state index in [0.29, 0.717) is 12.5 Å². The van der Waals surface area contributed by atoms with Crippen LogP contribution < -0.4 is 5.32 Å². The molecule has 118 valence electrons. The molecule has 0 bridgehead atoms.